The second-order valence-corrected chi connectivity index (χ2v) is 3.20. The van der Waals surface area contributed by atoms with E-state index in [2.05, 4.69) is 6.92 Å². The molecule has 0 saturated carbocycles. The Bertz CT molecular complexity index is 91.7. The molecule has 1 aliphatic heterocycles. The molecule has 1 rings (SSSR count). The summed E-state index contributed by atoms with van der Waals surface area (Å²) in [5.74, 6) is 0. The highest BCUT2D eigenvalue weighted by molar-refractivity contribution is 4.72. The van der Waals surface area contributed by atoms with E-state index < -0.39 is 0 Å². The van der Waals surface area contributed by atoms with Crippen molar-refractivity contribution in [2.75, 3.05) is 13.7 Å². The summed E-state index contributed by atoms with van der Waals surface area (Å²) < 4.78 is 10.7. The van der Waals surface area contributed by atoms with Crippen LogP contribution in [0.25, 0.3) is 0 Å². The standard InChI is InChI=1S/C9H18O2/c1-3-4-8-5-6-9(11-8)7-10-2/h8-9H,3-7H2,1-2H3. The topological polar surface area (TPSA) is 18.5 Å². The fraction of sp³-hybridized carbons (Fsp3) is 1.00. The lowest BCUT2D eigenvalue weighted by atomic mass is 10.1. The molecular weight excluding hydrogens is 140 g/mol. The molecule has 66 valence electrons. The van der Waals surface area contributed by atoms with E-state index in [0.29, 0.717) is 12.2 Å². The summed E-state index contributed by atoms with van der Waals surface area (Å²) in [5, 5.41) is 0. The van der Waals surface area contributed by atoms with Crippen LogP contribution in [-0.2, 0) is 9.47 Å². The van der Waals surface area contributed by atoms with Gasteiger partial charge < -0.3 is 9.47 Å². The summed E-state index contributed by atoms with van der Waals surface area (Å²) in [6.07, 6.45) is 5.72. The van der Waals surface area contributed by atoms with Gasteiger partial charge in [-0.05, 0) is 19.3 Å². The van der Waals surface area contributed by atoms with Crippen LogP contribution in [0.3, 0.4) is 0 Å². The van der Waals surface area contributed by atoms with Crippen molar-refractivity contribution in [3.63, 3.8) is 0 Å². The maximum Gasteiger partial charge on any atom is 0.0813 e. The van der Waals surface area contributed by atoms with Gasteiger partial charge >= 0.3 is 0 Å². The molecule has 0 aromatic rings. The third-order valence-electron chi connectivity index (χ3n) is 2.16. The Labute approximate surface area is 68.9 Å². The van der Waals surface area contributed by atoms with Gasteiger partial charge in [-0.15, -0.1) is 0 Å². The SMILES string of the molecule is CCCC1CCC(COC)O1. The van der Waals surface area contributed by atoms with Crippen LogP contribution in [0.5, 0.6) is 0 Å². The van der Waals surface area contributed by atoms with Gasteiger partial charge in [0, 0.05) is 7.11 Å². The summed E-state index contributed by atoms with van der Waals surface area (Å²) >= 11 is 0. The van der Waals surface area contributed by atoms with Crippen molar-refractivity contribution in [2.45, 2.75) is 44.8 Å². The highest BCUT2D eigenvalue weighted by atomic mass is 16.5. The normalized spacial score (nSPS) is 31.1. The van der Waals surface area contributed by atoms with Crippen molar-refractivity contribution in [2.24, 2.45) is 0 Å². The first-order valence-electron chi connectivity index (χ1n) is 4.51. The average molecular weight is 158 g/mol. The first-order valence-corrected chi connectivity index (χ1v) is 4.51. The van der Waals surface area contributed by atoms with Crippen LogP contribution in [0.1, 0.15) is 32.6 Å². The molecule has 2 unspecified atom stereocenters. The summed E-state index contributed by atoms with van der Waals surface area (Å²) in [5.41, 5.74) is 0. The van der Waals surface area contributed by atoms with Gasteiger partial charge in [-0.3, -0.25) is 0 Å². The van der Waals surface area contributed by atoms with Crippen LogP contribution >= 0.6 is 0 Å². The lowest BCUT2D eigenvalue weighted by molar-refractivity contribution is -0.00424. The maximum absolute atomic E-state index is 5.72. The van der Waals surface area contributed by atoms with Crippen LogP contribution in [0.2, 0.25) is 0 Å². The van der Waals surface area contributed by atoms with Crippen LogP contribution in [0.15, 0.2) is 0 Å². The second-order valence-electron chi connectivity index (χ2n) is 3.20. The molecule has 0 aromatic heterocycles. The fourth-order valence-electron chi connectivity index (χ4n) is 1.62. The molecule has 2 heteroatoms. The molecule has 0 spiro atoms. The van der Waals surface area contributed by atoms with E-state index in [9.17, 15) is 0 Å². The molecule has 0 aromatic carbocycles. The average Bonchev–Trinajstić information content (AvgIpc) is 2.38. The Morgan fingerprint density at radius 3 is 2.73 bits per heavy atom. The number of ether oxygens (including phenoxy) is 2. The van der Waals surface area contributed by atoms with Gasteiger partial charge in [0.1, 0.15) is 0 Å². The Morgan fingerprint density at radius 1 is 1.36 bits per heavy atom. The van der Waals surface area contributed by atoms with Gasteiger partial charge in [0.05, 0.1) is 18.8 Å². The second kappa shape index (κ2) is 4.73. The van der Waals surface area contributed by atoms with E-state index in [-0.39, 0.29) is 0 Å². The van der Waals surface area contributed by atoms with E-state index in [4.69, 9.17) is 9.47 Å². The van der Waals surface area contributed by atoms with Crippen LogP contribution in [-0.4, -0.2) is 25.9 Å². The zero-order valence-electron chi connectivity index (χ0n) is 7.51. The van der Waals surface area contributed by atoms with Gasteiger partial charge in [-0.2, -0.15) is 0 Å². The molecule has 0 radical (unpaired) electrons. The first kappa shape index (κ1) is 9.01. The van der Waals surface area contributed by atoms with Crippen LogP contribution in [0.4, 0.5) is 0 Å². The predicted molar refractivity (Wildman–Crippen MR) is 44.7 cm³/mol. The highest BCUT2D eigenvalue weighted by Gasteiger charge is 2.23. The Kier molecular flexibility index (Phi) is 3.87. The minimum absolute atomic E-state index is 0.372. The molecule has 2 nitrogen and oxygen atoms in total. The molecule has 0 bridgehead atoms. The molecule has 0 N–H and O–H groups in total. The van der Waals surface area contributed by atoms with Gasteiger partial charge in [-0.25, -0.2) is 0 Å². The smallest absolute Gasteiger partial charge is 0.0813 e. The maximum atomic E-state index is 5.72. The summed E-state index contributed by atoms with van der Waals surface area (Å²) in [6.45, 7) is 2.97. The van der Waals surface area contributed by atoms with Crippen molar-refractivity contribution in [3.05, 3.63) is 0 Å². The molecule has 2 atom stereocenters. The van der Waals surface area contributed by atoms with Gasteiger partial charge in [0.15, 0.2) is 0 Å². The van der Waals surface area contributed by atoms with E-state index in [0.717, 1.165) is 6.61 Å². The Hall–Kier alpha value is -0.0800. The lowest BCUT2D eigenvalue weighted by Crippen LogP contribution is -2.15. The number of methoxy groups -OCH3 is 1. The van der Waals surface area contributed by atoms with E-state index >= 15 is 0 Å². The quantitative estimate of drug-likeness (QED) is 0.623. The van der Waals surface area contributed by atoms with Crippen molar-refractivity contribution in [1.82, 2.24) is 0 Å². The zero-order chi connectivity index (χ0) is 8.10. The van der Waals surface area contributed by atoms with Crippen molar-refractivity contribution < 1.29 is 9.47 Å². The Balaban J connectivity index is 2.12. The number of rotatable bonds is 4. The van der Waals surface area contributed by atoms with E-state index in [1.54, 1.807) is 7.11 Å². The molecule has 1 saturated heterocycles. The fourth-order valence-corrected chi connectivity index (χ4v) is 1.62. The van der Waals surface area contributed by atoms with Crippen molar-refractivity contribution in [3.8, 4) is 0 Å². The molecule has 0 amide bonds. The largest absolute Gasteiger partial charge is 0.382 e. The third-order valence-corrected chi connectivity index (χ3v) is 2.16. The molecule has 0 aliphatic carbocycles. The zero-order valence-corrected chi connectivity index (χ0v) is 7.51. The van der Waals surface area contributed by atoms with Crippen LogP contribution in [0, 0.1) is 0 Å². The molecule has 11 heavy (non-hydrogen) atoms. The summed E-state index contributed by atoms with van der Waals surface area (Å²) in [7, 11) is 1.73. The number of hydrogen-bond acceptors (Lipinski definition) is 2. The van der Waals surface area contributed by atoms with Crippen molar-refractivity contribution >= 4 is 0 Å². The summed E-state index contributed by atoms with van der Waals surface area (Å²) in [6, 6.07) is 0. The monoisotopic (exact) mass is 158 g/mol. The molecule has 1 heterocycles. The highest BCUT2D eigenvalue weighted by Crippen LogP contribution is 2.22. The molecular formula is C9H18O2. The third kappa shape index (κ3) is 2.80. The summed E-state index contributed by atoms with van der Waals surface area (Å²) in [4.78, 5) is 0. The minimum atomic E-state index is 0.372. The van der Waals surface area contributed by atoms with E-state index in [1.165, 1.54) is 25.7 Å². The van der Waals surface area contributed by atoms with Crippen molar-refractivity contribution in [1.29, 1.82) is 0 Å². The predicted octanol–water partition coefficient (Wildman–Crippen LogP) is 1.98. The van der Waals surface area contributed by atoms with Gasteiger partial charge in [-0.1, -0.05) is 13.3 Å². The first-order chi connectivity index (χ1) is 5.36. The van der Waals surface area contributed by atoms with Gasteiger partial charge in [0.2, 0.25) is 0 Å². The van der Waals surface area contributed by atoms with Gasteiger partial charge in [0.25, 0.3) is 0 Å². The van der Waals surface area contributed by atoms with Crippen LogP contribution < -0.4 is 0 Å². The van der Waals surface area contributed by atoms with E-state index in [1.807, 2.05) is 0 Å². The Morgan fingerprint density at radius 2 is 2.09 bits per heavy atom. The lowest BCUT2D eigenvalue weighted by Gasteiger charge is -2.11. The molecule has 1 fully saturated rings. The minimum Gasteiger partial charge on any atom is -0.382 e. The number of hydrogen-bond donors (Lipinski definition) is 0. The molecule has 1 aliphatic rings.